The minimum Gasteiger partial charge on any atom is -0.481 e. The van der Waals surface area contributed by atoms with Crippen molar-refractivity contribution in [3.05, 3.63) is 183 Å². The van der Waals surface area contributed by atoms with Gasteiger partial charge in [-0.2, -0.15) is 27.0 Å². The summed E-state index contributed by atoms with van der Waals surface area (Å²) in [5.41, 5.74) is 14.3. The van der Waals surface area contributed by atoms with Crippen LogP contribution in [0.3, 0.4) is 0 Å². The van der Waals surface area contributed by atoms with Crippen LogP contribution < -0.4 is 21.8 Å². The van der Waals surface area contributed by atoms with Crippen LogP contribution in [0, 0.1) is 92.7 Å². The van der Waals surface area contributed by atoms with Crippen LogP contribution >= 0.6 is 27.0 Å². The number of esters is 1. The molecule has 0 aliphatic carbocycles. The lowest BCUT2D eigenvalue weighted by Crippen LogP contribution is -2.41. The van der Waals surface area contributed by atoms with Crippen molar-refractivity contribution in [3.63, 3.8) is 0 Å². The number of carboxylic acid groups (broad SMARTS) is 1. The van der Waals surface area contributed by atoms with Crippen molar-refractivity contribution in [1.29, 1.82) is 0 Å². The van der Waals surface area contributed by atoms with Crippen LogP contribution in [0.5, 0.6) is 0 Å². The molecule has 2 aliphatic rings. The third-order valence-electron chi connectivity index (χ3n) is 18.2. The zero-order valence-corrected chi connectivity index (χ0v) is 58.8. The molecule has 18 heteroatoms. The number of aromatic nitrogens is 2. The number of carbonyl (C=O) groups excluding carboxylic acids is 3. The highest BCUT2D eigenvalue weighted by atomic mass is 32.1. The first kappa shape index (κ1) is 75.9. The van der Waals surface area contributed by atoms with Crippen molar-refractivity contribution in [3.8, 4) is 22.3 Å². The monoisotopic (exact) mass is 1300 g/mol. The number of carboxylic acids is 1. The van der Waals surface area contributed by atoms with E-state index < -0.39 is 66.0 Å². The molecule has 2 saturated heterocycles. The van der Waals surface area contributed by atoms with Crippen molar-refractivity contribution in [2.45, 2.75) is 179 Å². The Hall–Kier alpha value is -6.86. The molecule has 2 aromatic heterocycles. The maximum absolute atomic E-state index is 16.0. The molecular weight excluding hydrogens is 1200 g/mol. The number of halogens is 2. The van der Waals surface area contributed by atoms with Gasteiger partial charge in [-0.3, -0.25) is 28.8 Å². The Kier molecular flexibility index (Phi) is 27.9. The first-order chi connectivity index (χ1) is 42.6. The van der Waals surface area contributed by atoms with Gasteiger partial charge in [0.2, 0.25) is 11.8 Å². The highest BCUT2D eigenvalue weighted by Gasteiger charge is 2.33. The Morgan fingerprint density at radius 2 is 0.902 bits per heavy atom. The molecule has 4 heterocycles. The minimum atomic E-state index is -1.16. The summed E-state index contributed by atoms with van der Waals surface area (Å²) in [6, 6.07) is 14.5. The number of amides is 2. The Balaban J connectivity index is 0.000000327. The molecule has 4 atom stereocenters. The molecule has 3 N–H and O–H groups in total. The first-order valence-electron chi connectivity index (χ1n) is 32.2. The number of rotatable bonds is 25. The lowest BCUT2D eigenvalue weighted by molar-refractivity contribution is -0.144. The van der Waals surface area contributed by atoms with Gasteiger partial charge in [0.05, 0.1) is 31.5 Å². The van der Waals surface area contributed by atoms with Crippen LogP contribution in [0.2, 0.25) is 0 Å². The summed E-state index contributed by atoms with van der Waals surface area (Å²) in [7, 11) is 0. The van der Waals surface area contributed by atoms with Crippen LogP contribution in [0.1, 0.15) is 175 Å². The summed E-state index contributed by atoms with van der Waals surface area (Å²) in [6.07, 6.45) is 7.55. The SMILES string of the molecule is CCOC(=O)C[C@H](NC(=O)C(CC(C)C)n1cc(CCN2CCC2)c(C)cc1=O)c1cc(-c2c(C)ccc(C)c2C)cc(C)c1F.Cc1cc(=O)n(C(CC(C)C)C(=O)N[C@@H](CC(=O)O)c2cc(-c3c(C)ccc(C)c3C)cc(C)c2F)cc1CCN1CCC1.S.S. The predicted molar refractivity (Wildman–Crippen MR) is 375 cm³/mol. The van der Waals surface area contributed by atoms with Gasteiger partial charge in [-0.05, 0) is 266 Å². The van der Waals surface area contributed by atoms with Gasteiger partial charge >= 0.3 is 11.9 Å². The molecule has 4 aromatic carbocycles. The zero-order valence-electron chi connectivity index (χ0n) is 56.8. The van der Waals surface area contributed by atoms with Crippen molar-refractivity contribution < 1.29 is 37.8 Å². The third kappa shape index (κ3) is 18.9. The molecule has 0 bridgehead atoms. The fraction of sp³-hybridized carbons (Fsp3) is 0.486. The number of nitrogens with one attached hydrogen (secondary N) is 2. The molecule has 0 radical (unpaired) electrons. The standard InChI is InChI=1S/C38H50FN3O4.C36H46FN3O4.2H2S/c1-9-46-35(44)21-32(31-20-30(18-27(7)37(31)39)36-25(5)12-11-24(4)28(36)8)40-38(45)33(17-23(2)3)42-22-29(26(6)19-34(42)43)13-16-41-14-10-15-41;1-21(2)15-31(40-20-27(24(5)17-32(40)41)11-14-39-12-8-13-39)36(44)38-30(19-33(42)43)29-18-28(16-25(6)35(29)37)34-23(4)10-9-22(3)26(34)7;;/h11-12,18-20,22-23,32-33H,9-10,13-17,21H2,1-8H3,(H,40,45);9-10,16-18,20-21,30-31H,8,11-15,19H2,1-7H3,(H,38,44)(H,42,43);2*1H2/t32-,33?;30-,31?;;/m00../s1. The topological polar surface area (TPSA) is 172 Å². The van der Waals surface area contributed by atoms with Crippen molar-refractivity contribution in [1.82, 2.24) is 29.6 Å². The van der Waals surface area contributed by atoms with Gasteiger partial charge in [-0.15, -0.1) is 0 Å². The molecule has 92 heavy (non-hydrogen) atoms. The van der Waals surface area contributed by atoms with Gasteiger partial charge in [-0.25, -0.2) is 8.78 Å². The number of nitrogens with zero attached hydrogens (tertiary/aromatic N) is 4. The number of hydrogen-bond donors (Lipinski definition) is 3. The van der Waals surface area contributed by atoms with Gasteiger partial charge in [0.1, 0.15) is 23.7 Å². The molecule has 8 rings (SSSR count). The van der Waals surface area contributed by atoms with Crippen molar-refractivity contribution >= 4 is 50.7 Å². The zero-order chi connectivity index (χ0) is 66.0. The van der Waals surface area contributed by atoms with E-state index in [0.717, 1.165) is 130 Å². The molecule has 2 unspecified atom stereocenters. The van der Waals surface area contributed by atoms with E-state index in [4.69, 9.17) is 4.74 Å². The summed E-state index contributed by atoms with van der Waals surface area (Å²) in [6.45, 7) is 35.2. The average Bonchev–Trinajstić information content (AvgIpc) is 0.802. The largest absolute Gasteiger partial charge is 0.481 e. The Bertz CT molecular complexity index is 3740. The highest BCUT2D eigenvalue weighted by Crippen LogP contribution is 2.37. The smallest absolute Gasteiger partial charge is 0.308 e. The second-order valence-corrected chi connectivity index (χ2v) is 26.2. The van der Waals surface area contributed by atoms with Gasteiger partial charge in [0.15, 0.2) is 0 Å². The quantitative estimate of drug-likeness (QED) is 0.0468. The van der Waals surface area contributed by atoms with Gasteiger partial charge < -0.3 is 39.4 Å². The van der Waals surface area contributed by atoms with E-state index in [0.29, 0.717) is 24.0 Å². The lowest BCUT2D eigenvalue weighted by atomic mass is 9.89. The molecule has 14 nitrogen and oxygen atoms in total. The molecule has 2 aliphatic heterocycles. The summed E-state index contributed by atoms with van der Waals surface area (Å²) in [5, 5.41) is 15.7. The number of pyridine rings is 2. The Labute approximate surface area is 557 Å². The predicted octanol–water partition coefficient (Wildman–Crippen LogP) is 13.4. The van der Waals surface area contributed by atoms with Crippen LogP contribution in [0.25, 0.3) is 22.3 Å². The second kappa shape index (κ2) is 33.8. The van der Waals surface area contributed by atoms with Crippen LogP contribution in [-0.2, 0) is 36.8 Å². The highest BCUT2D eigenvalue weighted by molar-refractivity contribution is 7.59. The summed E-state index contributed by atoms with van der Waals surface area (Å²) in [4.78, 5) is 84.5. The maximum Gasteiger partial charge on any atom is 0.308 e. The van der Waals surface area contributed by atoms with Crippen LogP contribution in [0.15, 0.2) is 82.6 Å². The minimum absolute atomic E-state index is 0. The van der Waals surface area contributed by atoms with Crippen molar-refractivity contribution in [2.24, 2.45) is 11.8 Å². The van der Waals surface area contributed by atoms with E-state index in [9.17, 15) is 33.9 Å². The number of benzene rings is 4. The van der Waals surface area contributed by atoms with Crippen LogP contribution in [0.4, 0.5) is 8.78 Å². The Morgan fingerprint density at radius 1 is 0.533 bits per heavy atom. The molecule has 2 amide bonds. The summed E-state index contributed by atoms with van der Waals surface area (Å²) < 4.78 is 40.1. The van der Waals surface area contributed by atoms with Crippen molar-refractivity contribution in [2.75, 3.05) is 45.9 Å². The molecule has 0 saturated carbocycles. The van der Waals surface area contributed by atoms with Gasteiger partial charge in [0, 0.05) is 48.7 Å². The molecule has 2 fully saturated rings. The third-order valence-corrected chi connectivity index (χ3v) is 18.2. The van der Waals surface area contributed by atoms with Gasteiger partial charge in [0.25, 0.3) is 11.1 Å². The molecule has 6 aromatic rings. The fourth-order valence-corrected chi connectivity index (χ4v) is 12.5. The van der Waals surface area contributed by atoms with E-state index in [1.54, 1.807) is 57.3 Å². The molecule has 500 valence electrons. The Morgan fingerprint density at radius 3 is 1.24 bits per heavy atom. The fourth-order valence-electron chi connectivity index (χ4n) is 12.5. The maximum atomic E-state index is 16.0. The molecular formula is C74H100F2N6O8S2. The van der Waals surface area contributed by atoms with E-state index in [-0.39, 0.29) is 74.1 Å². The molecule has 0 spiro atoms. The number of hydrogen-bond acceptors (Lipinski definition) is 9. The number of aliphatic carboxylic acids is 1. The number of aryl methyl sites for hydroxylation is 8. The van der Waals surface area contributed by atoms with E-state index in [2.05, 4.69) is 26.5 Å². The normalized spacial score (nSPS) is 14.3. The van der Waals surface area contributed by atoms with E-state index in [1.807, 2.05) is 114 Å². The summed E-state index contributed by atoms with van der Waals surface area (Å²) in [5.74, 6) is -3.53. The average molecular weight is 1300 g/mol. The number of likely N-dealkylation sites (tertiary alicyclic amines) is 2. The van der Waals surface area contributed by atoms with Crippen LogP contribution in [-0.4, -0.2) is 93.7 Å². The second-order valence-electron chi connectivity index (χ2n) is 26.2. The summed E-state index contributed by atoms with van der Waals surface area (Å²) >= 11 is 0. The first-order valence-corrected chi connectivity index (χ1v) is 32.2. The van der Waals surface area contributed by atoms with Gasteiger partial charge in [-0.1, -0.05) is 52.0 Å². The lowest BCUT2D eigenvalue weighted by Gasteiger charge is -2.31. The van der Waals surface area contributed by atoms with E-state index in [1.165, 1.54) is 22.0 Å². The van der Waals surface area contributed by atoms with E-state index >= 15 is 8.78 Å². The number of carbonyl (C=O) groups is 4. The number of ether oxygens (including phenoxy) is 1.